The molecule has 0 aliphatic carbocycles. The number of H-pyrrole nitrogens is 1. The van der Waals surface area contributed by atoms with Crippen molar-refractivity contribution >= 4 is 5.91 Å². The van der Waals surface area contributed by atoms with Crippen molar-refractivity contribution < 1.29 is 4.79 Å². The second-order valence-electron chi connectivity index (χ2n) is 1.84. The Hall–Kier alpha value is -1.92. The van der Waals surface area contributed by atoms with Gasteiger partial charge in [-0.15, -0.1) is 0 Å². The highest BCUT2D eigenvalue weighted by molar-refractivity contribution is 5.90. The Labute approximate surface area is 75.4 Å². The first-order chi connectivity index (χ1) is 6.22. The molecule has 4 N–H and O–H groups in total. The van der Waals surface area contributed by atoms with Crippen LogP contribution in [0.3, 0.4) is 0 Å². The van der Waals surface area contributed by atoms with Crippen LogP contribution in [0.2, 0.25) is 0 Å². The summed E-state index contributed by atoms with van der Waals surface area (Å²) in [6.45, 7) is 0. The second-order valence-corrected chi connectivity index (χ2v) is 1.84. The number of nitrogens with zero attached hydrogens (tertiary/aromatic N) is 3. The quantitative estimate of drug-likeness (QED) is 0.434. The van der Waals surface area contributed by atoms with E-state index in [1.807, 2.05) is 0 Å². The molecule has 0 bridgehead atoms. The van der Waals surface area contributed by atoms with Crippen LogP contribution in [0.25, 0.3) is 0 Å². The van der Waals surface area contributed by atoms with Crippen LogP contribution in [0, 0.1) is 0 Å². The fourth-order valence-electron chi connectivity index (χ4n) is 0.495. The highest BCUT2D eigenvalue weighted by Gasteiger charge is 1.97. The summed E-state index contributed by atoms with van der Waals surface area (Å²) in [5.74, 6) is -0.508. The molecule has 0 aromatic carbocycles. The number of imidazole rings is 1. The zero-order valence-corrected chi connectivity index (χ0v) is 7.48. The third-order valence-electron chi connectivity index (χ3n) is 0.951. The van der Waals surface area contributed by atoms with Crippen molar-refractivity contribution in [1.82, 2.24) is 15.4 Å². The number of aromatic amines is 1. The minimum absolute atomic E-state index is 0.269. The van der Waals surface area contributed by atoms with Gasteiger partial charge in [0.2, 0.25) is 0 Å². The fourth-order valence-corrected chi connectivity index (χ4v) is 0.495. The number of nitrogens with two attached hydrogens (primary N) is 1. The molecule has 0 saturated heterocycles. The maximum Gasteiger partial charge on any atom is 0.268 e. The van der Waals surface area contributed by atoms with Gasteiger partial charge in [-0.2, -0.15) is 5.11 Å². The van der Waals surface area contributed by atoms with Crippen molar-refractivity contribution in [1.29, 1.82) is 0 Å². The number of primary amides is 1. The molecule has 0 fully saturated rings. The zero-order chi connectivity index (χ0) is 10.1. The molecule has 7 heteroatoms. The molecular formula is C6H12N6O. The van der Waals surface area contributed by atoms with Gasteiger partial charge in [0.25, 0.3) is 5.91 Å². The van der Waals surface area contributed by atoms with E-state index in [0.717, 1.165) is 0 Å². The van der Waals surface area contributed by atoms with Gasteiger partial charge in [0.1, 0.15) is 5.69 Å². The van der Waals surface area contributed by atoms with E-state index in [1.54, 1.807) is 14.1 Å². The summed E-state index contributed by atoms with van der Waals surface area (Å²) in [5, 5.41) is 6.72. The van der Waals surface area contributed by atoms with Crippen molar-refractivity contribution in [3.8, 4) is 0 Å². The van der Waals surface area contributed by atoms with Crippen molar-refractivity contribution in [2.75, 3.05) is 14.1 Å². The first-order valence-electron chi connectivity index (χ1n) is 3.46. The number of nitrogens with one attached hydrogen (secondary N) is 2. The number of hydrogen-bond acceptors (Lipinski definition) is 4. The van der Waals surface area contributed by atoms with Gasteiger partial charge in [0.05, 0.1) is 13.4 Å². The van der Waals surface area contributed by atoms with E-state index >= 15 is 0 Å². The molecule has 7 nitrogen and oxygen atoms in total. The summed E-state index contributed by atoms with van der Waals surface area (Å²) in [4.78, 5) is 16.4. The molecular weight excluding hydrogens is 172 g/mol. The van der Waals surface area contributed by atoms with E-state index in [2.05, 4.69) is 25.7 Å². The Kier molecular flexibility index (Phi) is 5.77. The van der Waals surface area contributed by atoms with Crippen LogP contribution in [-0.4, -0.2) is 30.0 Å². The molecule has 0 aliphatic heterocycles. The molecule has 13 heavy (non-hydrogen) atoms. The Morgan fingerprint density at radius 2 is 2.46 bits per heavy atom. The molecule has 0 radical (unpaired) electrons. The molecule has 1 aromatic heterocycles. The Morgan fingerprint density at radius 3 is 2.62 bits per heavy atom. The topological polar surface area (TPSA) is 109 Å². The predicted molar refractivity (Wildman–Crippen MR) is 46.9 cm³/mol. The molecule has 1 rings (SSSR count). The van der Waals surface area contributed by atoms with Crippen LogP contribution in [-0.2, 0) is 0 Å². The molecule has 1 heterocycles. The summed E-state index contributed by atoms with van der Waals surface area (Å²) in [6.07, 6.45) is 2.85. The lowest BCUT2D eigenvalue weighted by Gasteiger charge is -1.78. The lowest BCUT2D eigenvalue weighted by atomic mass is 10.5. The van der Waals surface area contributed by atoms with Crippen LogP contribution < -0.4 is 11.2 Å². The number of aromatic nitrogens is 2. The van der Waals surface area contributed by atoms with Gasteiger partial charge in [-0.3, -0.25) is 10.2 Å². The summed E-state index contributed by atoms with van der Waals surface area (Å²) in [7, 11) is 3.31. The summed E-state index contributed by atoms with van der Waals surface area (Å²) in [6, 6.07) is 0. The number of hydrogen-bond donors (Lipinski definition) is 3. The van der Waals surface area contributed by atoms with E-state index in [-0.39, 0.29) is 5.69 Å². The lowest BCUT2D eigenvalue weighted by Crippen LogP contribution is -2.10. The summed E-state index contributed by atoms with van der Waals surface area (Å²) in [5.41, 5.74) is 7.58. The maximum absolute atomic E-state index is 10.2. The summed E-state index contributed by atoms with van der Waals surface area (Å²) >= 11 is 0. The molecule has 0 spiro atoms. The number of carbonyl (C=O) groups excluding carboxylic acids is 1. The van der Waals surface area contributed by atoms with Crippen LogP contribution >= 0.6 is 0 Å². The van der Waals surface area contributed by atoms with Gasteiger partial charge >= 0.3 is 0 Å². The van der Waals surface area contributed by atoms with Crippen molar-refractivity contribution in [2.45, 2.75) is 0 Å². The first-order valence-corrected chi connectivity index (χ1v) is 3.46. The average molecular weight is 184 g/mol. The Balaban J connectivity index is 0.000000252. The van der Waals surface area contributed by atoms with Gasteiger partial charge in [-0.25, -0.2) is 4.98 Å². The van der Waals surface area contributed by atoms with E-state index in [4.69, 9.17) is 5.73 Å². The van der Waals surface area contributed by atoms with Crippen molar-refractivity contribution in [3.63, 3.8) is 0 Å². The maximum atomic E-state index is 10.2. The van der Waals surface area contributed by atoms with Gasteiger partial charge < -0.3 is 10.7 Å². The van der Waals surface area contributed by atoms with Crippen molar-refractivity contribution in [2.24, 2.45) is 16.1 Å². The molecule has 1 amide bonds. The zero-order valence-electron chi connectivity index (χ0n) is 7.48. The highest BCUT2D eigenvalue weighted by Crippen LogP contribution is 1.85. The van der Waals surface area contributed by atoms with Gasteiger partial charge in [-0.1, -0.05) is 5.22 Å². The standard InChI is InChI=1S/C4H5N3O.C2H7N3/c5-4(8)3-1-6-2-7-3;1-3-5-4-2/h1-2H,(H2,5,8)(H,6,7);1-2H3,(H,3,4). The van der Waals surface area contributed by atoms with Gasteiger partial charge in [-0.05, 0) is 0 Å². The van der Waals surface area contributed by atoms with Gasteiger partial charge in [0, 0.05) is 13.2 Å². The number of rotatable bonds is 2. The minimum Gasteiger partial charge on any atom is -0.364 e. The molecule has 0 atom stereocenters. The molecule has 0 unspecified atom stereocenters. The average Bonchev–Trinajstić information content (AvgIpc) is 2.58. The normalized spacial score (nSPS) is 9.08. The SMILES string of the molecule is CN=NNC.NC(=O)c1c[nH]cn1. The fraction of sp³-hybridized carbons (Fsp3) is 0.333. The van der Waals surface area contributed by atoms with Crippen molar-refractivity contribution in [3.05, 3.63) is 18.2 Å². The molecule has 72 valence electrons. The number of amides is 1. The third-order valence-corrected chi connectivity index (χ3v) is 0.951. The smallest absolute Gasteiger partial charge is 0.268 e. The van der Waals surface area contributed by atoms with Crippen LogP contribution in [0.1, 0.15) is 10.5 Å². The third kappa shape index (κ3) is 5.36. The Morgan fingerprint density at radius 1 is 1.77 bits per heavy atom. The van der Waals surface area contributed by atoms with E-state index < -0.39 is 5.91 Å². The van der Waals surface area contributed by atoms with Gasteiger partial charge in [0.15, 0.2) is 0 Å². The summed E-state index contributed by atoms with van der Waals surface area (Å²) < 4.78 is 0. The largest absolute Gasteiger partial charge is 0.364 e. The van der Waals surface area contributed by atoms with E-state index in [1.165, 1.54) is 12.5 Å². The number of carbonyl (C=O) groups is 1. The second kappa shape index (κ2) is 6.77. The highest BCUT2D eigenvalue weighted by atomic mass is 16.1. The molecule has 0 saturated carbocycles. The van der Waals surface area contributed by atoms with Crippen LogP contribution in [0.4, 0.5) is 0 Å². The monoisotopic (exact) mass is 184 g/mol. The Bertz CT molecular complexity index is 254. The van der Waals surface area contributed by atoms with Crippen LogP contribution in [0.15, 0.2) is 22.9 Å². The van der Waals surface area contributed by atoms with Crippen LogP contribution in [0.5, 0.6) is 0 Å². The van der Waals surface area contributed by atoms with E-state index in [0.29, 0.717) is 0 Å². The van der Waals surface area contributed by atoms with E-state index in [9.17, 15) is 4.79 Å². The lowest BCUT2D eigenvalue weighted by molar-refractivity contribution is 0.0996. The predicted octanol–water partition coefficient (Wildman–Crippen LogP) is -0.289. The molecule has 1 aromatic rings. The molecule has 0 aliphatic rings. The first kappa shape index (κ1) is 11.1. The minimum atomic E-state index is -0.508.